The molecule has 7 nitrogen and oxygen atoms in total. The molecule has 0 bridgehead atoms. The van der Waals surface area contributed by atoms with Crippen LogP contribution in [0.2, 0.25) is 0 Å². The van der Waals surface area contributed by atoms with E-state index in [2.05, 4.69) is 27.3 Å². The Morgan fingerprint density at radius 2 is 1.84 bits per heavy atom. The van der Waals surface area contributed by atoms with Gasteiger partial charge in [-0.15, -0.1) is 0 Å². The minimum atomic E-state index is -0.281. The molecule has 2 amide bonds. The van der Waals surface area contributed by atoms with E-state index < -0.39 is 0 Å². The minimum Gasteiger partial charge on any atom is -0.486 e. The predicted molar refractivity (Wildman–Crippen MR) is 120 cm³/mol. The SMILES string of the molecule is CC(NC(=O)CCC(=O)N(CCC#N)c1ccccc1)c1cc2c(cc1Br)OCCO2. The van der Waals surface area contributed by atoms with Crippen molar-refractivity contribution in [1.82, 2.24) is 5.32 Å². The van der Waals surface area contributed by atoms with Crippen molar-refractivity contribution in [1.29, 1.82) is 5.26 Å². The Kier molecular flexibility index (Phi) is 7.90. The maximum Gasteiger partial charge on any atom is 0.227 e. The van der Waals surface area contributed by atoms with Gasteiger partial charge < -0.3 is 19.7 Å². The molecular formula is C23H24BrN3O4. The number of rotatable bonds is 8. The highest BCUT2D eigenvalue weighted by molar-refractivity contribution is 9.10. The minimum absolute atomic E-state index is 0.0567. The highest BCUT2D eigenvalue weighted by Gasteiger charge is 2.21. The van der Waals surface area contributed by atoms with Gasteiger partial charge >= 0.3 is 0 Å². The smallest absolute Gasteiger partial charge is 0.227 e. The van der Waals surface area contributed by atoms with E-state index in [0.717, 1.165) is 15.7 Å². The monoisotopic (exact) mass is 485 g/mol. The highest BCUT2D eigenvalue weighted by atomic mass is 79.9. The van der Waals surface area contributed by atoms with E-state index in [1.54, 1.807) is 4.90 Å². The van der Waals surface area contributed by atoms with Gasteiger partial charge in [0.25, 0.3) is 0 Å². The number of anilines is 1. The Balaban J connectivity index is 1.59. The van der Waals surface area contributed by atoms with Crippen LogP contribution in [0.3, 0.4) is 0 Å². The van der Waals surface area contributed by atoms with Crippen LogP contribution >= 0.6 is 15.9 Å². The molecule has 31 heavy (non-hydrogen) atoms. The molecule has 0 radical (unpaired) electrons. The summed E-state index contributed by atoms with van der Waals surface area (Å²) < 4.78 is 12.0. The van der Waals surface area contributed by atoms with E-state index in [1.165, 1.54) is 0 Å². The molecule has 1 N–H and O–H groups in total. The van der Waals surface area contributed by atoms with Gasteiger partial charge in [0.1, 0.15) is 13.2 Å². The fraction of sp³-hybridized carbons (Fsp3) is 0.348. The maximum absolute atomic E-state index is 12.7. The van der Waals surface area contributed by atoms with Crippen LogP contribution in [-0.4, -0.2) is 31.6 Å². The molecule has 1 unspecified atom stereocenters. The molecule has 0 saturated carbocycles. The summed E-state index contributed by atoms with van der Waals surface area (Å²) in [5, 5.41) is 11.8. The molecule has 0 saturated heterocycles. The van der Waals surface area contributed by atoms with Crippen LogP contribution in [0.1, 0.15) is 37.8 Å². The van der Waals surface area contributed by atoms with Crippen molar-refractivity contribution in [2.45, 2.75) is 32.2 Å². The van der Waals surface area contributed by atoms with Gasteiger partial charge in [0.05, 0.1) is 18.5 Å². The third kappa shape index (κ3) is 5.98. The number of nitrogens with zero attached hydrogens (tertiary/aromatic N) is 2. The number of nitriles is 1. The Bertz CT molecular complexity index is 975. The molecule has 2 aromatic rings. The first-order valence-electron chi connectivity index (χ1n) is 10.1. The molecule has 8 heteroatoms. The van der Waals surface area contributed by atoms with Gasteiger partial charge in [-0.05, 0) is 36.8 Å². The number of carbonyl (C=O) groups excluding carboxylic acids is 2. The van der Waals surface area contributed by atoms with Crippen molar-refractivity contribution in [2.24, 2.45) is 0 Å². The Morgan fingerprint density at radius 3 is 2.52 bits per heavy atom. The van der Waals surface area contributed by atoms with Crippen molar-refractivity contribution in [3.8, 4) is 17.6 Å². The number of fused-ring (bicyclic) bond motifs is 1. The van der Waals surface area contributed by atoms with Crippen molar-refractivity contribution >= 4 is 33.4 Å². The lowest BCUT2D eigenvalue weighted by molar-refractivity contribution is -0.125. The average Bonchev–Trinajstić information content (AvgIpc) is 2.78. The number of carbonyl (C=O) groups is 2. The summed E-state index contributed by atoms with van der Waals surface area (Å²) in [5.74, 6) is 0.904. The zero-order valence-corrected chi connectivity index (χ0v) is 18.9. The fourth-order valence-corrected chi connectivity index (χ4v) is 3.99. The fourth-order valence-electron chi connectivity index (χ4n) is 3.33. The summed E-state index contributed by atoms with van der Waals surface area (Å²) >= 11 is 3.52. The number of para-hydroxylation sites is 1. The second-order valence-corrected chi connectivity index (χ2v) is 7.95. The van der Waals surface area contributed by atoms with Gasteiger partial charge in [0, 0.05) is 29.5 Å². The molecule has 2 aromatic carbocycles. The first-order chi connectivity index (χ1) is 15.0. The standard InChI is InChI=1S/C23H24BrN3O4/c1-16(18-14-20-21(15-19(18)24)31-13-12-30-20)26-22(28)8-9-23(29)27(11-5-10-25)17-6-3-2-4-7-17/h2-4,6-7,14-16H,5,8-9,11-13H2,1H3,(H,26,28). The van der Waals surface area contributed by atoms with Gasteiger partial charge in [0.15, 0.2) is 11.5 Å². The summed E-state index contributed by atoms with van der Waals surface area (Å²) in [6.07, 6.45) is 0.338. The maximum atomic E-state index is 12.7. The highest BCUT2D eigenvalue weighted by Crippen LogP contribution is 2.37. The van der Waals surface area contributed by atoms with Crippen LogP contribution in [0.15, 0.2) is 46.9 Å². The number of amides is 2. The van der Waals surface area contributed by atoms with Crippen LogP contribution in [0.4, 0.5) is 5.69 Å². The average molecular weight is 486 g/mol. The van der Waals surface area contributed by atoms with E-state index in [-0.39, 0.29) is 37.1 Å². The molecule has 3 rings (SSSR count). The molecule has 1 heterocycles. The number of hydrogen-bond donors (Lipinski definition) is 1. The molecular weight excluding hydrogens is 462 g/mol. The second-order valence-electron chi connectivity index (χ2n) is 7.10. The molecule has 0 aliphatic carbocycles. The largest absolute Gasteiger partial charge is 0.486 e. The molecule has 162 valence electrons. The van der Waals surface area contributed by atoms with E-state index in [9.17, 15) is 9.59 Å². The van der Waals surface area contributed by atoms with Crippen LogP contribution in [0.25, 0.3) is 0 Å². The van der Waals surface area contributed by atoms with Gasteiger partial charge in [-0.1, -0.05) is 34.1 Å². The molecule has 0 aromatic heterocycles. The summed E-state index contributed by atoms with van der Waals surface area (Å²) in [7, 11) is 0. The lowest BCUT2D eigenvalue weighted by Gasteiger charge is -2.23. The zero-order chi connectivity index (χ0) is 22.2. The van der Waals surface area contributed by atoms with E-state index in [0.29, 0.717) is 31.3 Å². The lowest BCUT2D eigenvalue weighted by atomic mass is 10.1. The Labute approximate surface area is 190 Å². The van der Waals surface area contributed by atoms with Crippen LogP contribution in [0, 0.1) is 11.3 Å². The molecule has 1 aliphatic heterocycles. The second kappa shape index (κ2) is 10.8. The van der Waals surface area contributed by atoms with Crippen LogP contribution < -0.4 is 19.7 Å². The summed E-state index contributed by atoms with van der Waals surface area (Å²) in [6.45, 7) is 3.16. The van der Waals surface area contributed by atoms with Gasteiger partial charge in [0.2, 0.25) is 11.8 Å². The quantitative estimate of drug-likeness (QED) is 0.606. The first-order valence-corrected chi connectivity index (χ1v) is 10.9. The van der Waals surface area contributed by atoms with Crippen molar-refractivity contribution < 1.29 is 19.1 Å². The molecule has 0 spiro atoms. The lowest BCUT2D eigenvalue weighted by Crippen LogP contribution is -2.33. The normalized spacial score (nSPS) is 13.1. The summed E-state index contributed by atoms with van der Waals surface area (Å²) in [4.78, 5) is 26.8. The van der Waals surface area contributed by atoms with Crippen LogP contribution in [-0.2, 0) is 9.59 Å². The summed E-state index contributed by atoms with van der Waals surface area (Å²) in [6, 6.07) is 14.6. The Hall–Kier alpha value is -3.05. The molecule has 1 atom stereocenters. The van der Waals surface area contributed by atoms with E-state index in [1.807, 2.05) is 49.4 Å². The number of ether oxygens (including phenoxy) is 2. The van der Waals surface area contributed by atoms with Gasteiger partial charge in [-0.2, -0.15) is 5.26 Å². The van der Waals surface area contributed by atoms with E-state index in [4.69, 9.17) is 14.7 Å². The first kappa shape index (κ1) is 22.6. The molecule has 0 fully saturated rings. The van der Waals surface area contributed by atoms with Crippen molar-refractivity contribution in [3.05, 3.63) is 52.5 Å². The van der Waals surface area contributed by atoms with Crippen molar-refractivity contribution in [2.75, 3.05) is 24.7 Å². The third-order valence-corrected chi connectivity index (χ3v) is 5.57. The van der Waals surface area contributed by atoms with Gasteiger partial charge in [-0.25, -0.2) is 0 Å². The number of hydrogen-bond acceptors (Lipinski definition) is 5. The van der Waals surface area contributed by atoms with Crippen LogP contribution in [0.5, 0.6) is 11.5 Å². The Morgan fingerprint density at radius 1 is 1.16 bits per heavy atom. The molecule has 1 aliphatic rings. The topological polar surface area (TPSA) is 91.7 Å². The zero-order valence-electron chi connectivity index (χ0n) is 17.3. The van der Waals surface area contributed by atoms with E-state index >= 15 is 0 Å². The number of nitrogens with one attached hydrogen (secondary N) is 1. The third-order valence-electron chi connectivity index (χ3n) is 4.89. The summed E-state index contributed by atoms with van der Waals surface area (Å²) in [5.41, 5.74) is 1.58. The predicted octanol–water partition coefficient (Wildman–Crippen LogP) is 4.12. The van der Waals surface area contributed by atoms with Crippen molar-refractivity contribution in [3.63, 3.8) is 0 Å². The number of halogens is 1. The van der Waals surface area contributed by atoms with Gasteiger partial charge in [-0.3, -0.25) is 9.59 Å². The number of benzene rings is 2.